The minimum atomic E-state index is 0.000523. The summed E-state index contributed by atoms with van der Waals surface area (Å²) in [6, 6.07) is 22.3. The molecule has 29 heavy (non-hydrogen) atoms. The van der Waals surface area contributed by atoms with E-state index in [-0.39, 0.29) is 11.5 Å². The van der Waals surface area contributed by atoms with E-state index < -0.39 is 0 Å². The zero-order chi connectivity index (χ0) is 20.5. The number of benzene rings is 3. The summed E-state index contributed by atoms with van der Waals surface area (Å²) in [4.78, 5) is 18.6. The Morgan fingerprint density at radius 3 is 2.21 bits per heavy atom. The van der Waals surface area contributed by atoms with E-state index >= 15 is 0 Å². The van der Waals surface area contributed by atoms with Crippen LogP contribution in [0.1, 0.15) is 40.9 Å². The van der Waals surface area contributed by atoms with E-state index in [0.717, 1.165) is 34.6 Å². The van der Waals surface area contributed by atoms with Gasteiger partial charge >= 0.3 is 0 Å². The molecule has 1 aromatic heterocycles. The molecule has 4 aromatic rings. The molecule has 0 aliphatic heterocycles. The van der Waals surface area contributed by atoms with Gasteiger partial charge in [0, 0.05) is 5.92 Å². The van der Waals surface area contributed by atoms with Crippen LogP contribution in [0.4, 0.5) is 0 Å². The molecule has 0 saturated carbocycles. The van der Waals surface area contributed by atoms with Crippen molar-refractivity contribution >= 4 is 10.9 Å². The monoisotopic (exact) mass is 382 g/mol. The second-order valence-electron chi connectivity index (χ2n) is 7.97. The maximum absolute atomic E-state index is 13.6. The van der Waals surface area contributed by atoms with Crippen LogP contribution in [0.15, 0.2) is 71.5 Å². The van der Waals surface area contributed by atoms with Gasteiger partial charge < -0.3 is 0 Å². The molecule has 0 fully saturated rings. The second kappa shape index (κ2) is 7.67. The smallest absolute Gasteiger partial charge is 0.265 e. The average molecular weight is 383 g/mol. The van der Waals surface area contributed by atoms with E-state index in [4.69, 9.17) is 4.98 Å². The maximum Gasteiger partial charge on any atom is 0.265 e. The van der Waals surface area contributed by atoms with Crippen LogP contribution < -0.4 is 5.56 Å². The Hall–Kier alpha value is -3.20. The molecule has 0 amide bonds. The number of aryl methyl sites for hydroxylation is 3. The van der Waals surface area contributed by atoms with Crippen molar-refractivity contribution in [3.63, 3.8) is 0 Å². The molecular formula is C26H26N2O. The lowest BCUT2D eigenvalue weighted by atomic mass is 9.98. The highest BCUT2D eigenvalue weighted by atomic mass is 16.1. The Morgan fingerprint density at radius 1 is 0.897 bits per heavy atom. The Bertz CT molecular complexity index is 1220. The normalized spacial score (nSPS) is 12.3. The molecule has 0 aliphatic carbocycles. The summed E-state index contributed by atoms with van der Waals surface area (Å²) in [5.74, 6) is 0.905. The molecule has 4 rings (SSSR count). The van der Waals surface area contributed by atoms with Crippen LogP contribution in [0.2, 0.25) is 0 Å². The molecule has 3 nitrogen and oxygen atoms in total. The number of hydrogen-bond donors (Lipinski definition) is 0. The van der Waals surface area contributed by atoms with E-state index in [1.165, 1.54) is 11.1 Å². The van der Waals surface area contributed by atoms with Gasteiger partial charge in [-0.05, 0) is 56.0 Å². The Kier molecular flexibility index (Phi) is 5.06. The molecule has 0 saturated heterocycles. The SMILES string of the molecule is Cc1cc(C)c(-n2c([C@@H](C)Cc3ccccc3)nc3ccccc3c2=O)c(C)c1. The van der Waals surface area contributed by atoms with Gasteiger partial charge in [-0.1, -0.05) is 67.1 Å². The third-order valence-corrected chi connectivity index (χ3v) is 5.49. The maximum atomic E-state index is 13.6. The van der Waals surface area contributed by atoms with Gasteiger partial charge in [0.1, 0.15) is 5.82 Å². The number of para-hydroxylation sites is 1. The molecular weight excluding hydrogens is 356 g/mol. The number of nitrogens with zero attached hydrogens (tertiary/aromatic N) is 2. The zero-order valence-corrected chi connectivity index (χ0v) is 17.4. The number of hydrogen-bond acceptors (Lipinski definition) is 2. The molecule has 0 spiro atoms. The molecule has 146 valence electrons. The van der Waals surface area contributed by atoms with Gasteiger partial charge in [0.2, 0.25) is 0 Å². The van der Waals surface area contributed by atoms with E-state index in [1.807, 2.05) is 34.9 Å². The van der Waals surface area contributed by atoms with E-state index in [0.29, 0.717) is 5.39 Å². The van der Waals surface area contributed by atoms with Crippen LogP contribution in [0.5, 0.6) is 0 Å². The van der Waals surface area contributed by atoms with Crippen molar-refractivity contribution in [1.29, 1.82) is 0 Å². The molecule has 3 heteroatoms. The summed E-state index contributed by atoms with van der Waals surface area (Å²) in [5.41, 5.74) is 6.33. The van der Waals surface area contributed by atoms with Crippen molar-refractivity contribution < 1.29 is 0 Å². The van der Waals surface area contributed by atoms with Gasteiger partial charge in [0.25, 0.3) is 5.56 Å². The van der Waals surface area contributed by atoms with Crippen LogP contribution in [0, 0.1) is 20.8 Å². The van der Waals surface area contributed by atoms with Crippen molar-refractivity contribution in [2.45, 2.75) is 40.0 Å². The third kappa shape index (κ3) is 3.61. The molecule has 1 atom stereocenters. The zero-order valence-electron chi connectivity index (χ0n) is 17.4. The molecule has 0 N–H and O–H groups in total. The van der Waals surface area contributed by atoms with Crippen LogP contribution in [-0.4, -0.2) is 9.55 Å². The van der Waals surface area contributed by atoms with E-state index in [1.54, 1.807) is 0 Å². The van der Waals surface area contributed by atoms with Gasteiger partial charge in [0.05, 0.1) is 16.6 Å². The van der Waals surface area contributed by atoms with Crippen molar-refractivity contribution in [1.82, 2.24) is 9.55 Å². The molecule has 3 aromatic carbocycles. The standard InChI is InChI=1S/C26H26N2O/c1-17-14-18(2)24(19(3)15-17)28-25(20(4)16-21-10-6-5-7-11-21)27-23-13-9-8-12-22(23)26(28)29/h5-15,20H,16H2,1-4H3/t20-/m0/s1. The largest absolute Gasteiger partial charge is 0.268 e. The van der Waals surface area contributed by atoms with Crippen LogP contribution in [0.25, 0.3) is 16.6 Å². The first-order valence-electron chi connectivity index (χ1n) is 10.1. The van der Waals surface area contributed by atoms with Crippen molar-refractivity contribution in [3.05, 3.63) is 105 Å². The summed E-state index contributed by atoms with van der Waals surface area (Å²) in [6.07, 6.45) is 0.829. The molecule has 0 bridgehead atoms. The Labute approximate surface area is 171 Å². The lowest BCUT2D eigenvalue weighted by Crippen LogP contribution is -2.27. The molecule has 0 aliphatic rings. The predicted octanol–water partition coefficient (Wildman–Crippen LogP) is 5.66. The van der Waals surface area contributed by atoms with Gasteiger partial charge in [-0.3, -0.25) is 9.36 Å². The van der Waals surface area contributed by atoms with Gasteiger partial charge in [-0.2, -0.15) is 0 Å². The minimum absolute atomic E-state index is 0.000523. The summed E-state index contributed by atoms with van der Waals surface area (Å²) >= 11 is 0. The Balaban J connectivity index is 1.98. The summed E-state index contributed by atoms with van der Waals surface area (Å²) < 4.78 is 1.85. The number of aromatic nitrogens is 2. The average Bonchev–Trinajstić information content (AvgIpc) is 2.69. The van der Waals surface area contributed by atoms with Gasteiger partial charge in [-0.15, -0.1) is 0 Å². The first-order chi connectivity index (χ1) is 14.0. The topological polar surface area (TPSA) is 34.9 Å². The lowest BCUT2D eigenvalue weighted by molar-refractivity contribution is 0.662. The van der Waals surface area contributed by atoms with Crippen LogP contribution in [-0.2, 0) is 6.42 Å². The fourth-order valence-electron chi connectivity index (χ4n) is 4.28. The van der Waals surface area contributed by atoms with E-state index in [9.17, 15) is 4.79 Å². The van der Waals surface area contributed by atoms with Crippen molar-refractivity contribution in [3.8, 4) is 5.69 Å². The van der Waals surface area contributed by atoms with Gasteiger partial charge in [-0.25, -0.2) is 4.98 Å². The van der Waals surface area contributed by atoms with Crippen molar-refractivity contribution in [2.75, 3.05) is 0 Å². The Morgan fingerprint density at radius 2 is 1.52 bits per heavy atom. The van der Waals surface area contributed by atoms with Crippen molar-refractivity contribution in [2.24, 2.45) is 0 Å². The quantitative estimate of drug-likeness (QED) is 0.457. The fraction of sp³-hybridized carbons (Fsp3) is 0.231. The number of fused-ring (bicyclic) bond motifs is 1. The second-order valence-corrected chi connectivity index (χ2v) is 7.97. The van der Waals surface area contributed by atoms with Crippen LogP contribution >= 0.6 is 0 Å². The highest BCUT2D eigenvalue weighted by Gasteiger charge is 2.20. The first-order valence-corrected chi connectivity index (χ1v) is 10.1. The lowest BCUT2D eigenvalue weighted by Gasteiger charge is -2.22. The number of rotatable bonds is 4. The first kappa shape index (κ1) is 19.1. The van der Waals surface area contributed by atoms with Gasteiger partial charge in [0.15, 0.2) is 0 Å². The minimum Gasteiger partial charge on any atom is -0.268 e. The molecule has 0 unspecified atom stereocenters. The third-order valence-electron chi connectivity index (χ3n) is 5.49. The summed E-state index contributed by atoms with van der Waals surface area (Å²) in [7, 11) is 0. The molecule has 0 radical (unpaired) electrons. The highest BCUT2D eigenvalue weighted by Crippen LogP contribution is 2.26. The summed E-state index contributed by atoms with van der Waals surface area (Å²) in [5, 5.41) is 0.655. The summed E-state index contributed by atoms with van der Waals surface area (Å²) in [6.45, 7) is 8.38. The fourth-order valence-corrected chi connectivity index (χ4v) is 4.28. The van der Waals surface area contributed by atoms with Crippen LogP contribution in [0.3, 0.4) is 0 Å². The van der Waals surface area contributed by atoms with E-state index in [2.05, 4.69) is 64.1 Å². The predicted molar refractivity (Wildman–Crippen MR) is 120 cm³/mol. The molecule has 1 heterocycles. The highest BCUT2D eigenvalue weighted by molar-refractivity contribution is 5.78.